The maximum absolute atomic E-state index is 13.3. The number of ether oxygens (including phenoxy) is 2. The predicted octanol–water partition coefficient (Wildman–Crippen LogP) is 6.17. The molecule has 1 aliphatic heterocycles. The van der Waals surface area contributed by atoms with E-state index in [0.29, 0.717) is 18.1 Å². The van der Waals surface area contributed by atoms with Crippen molar-refractivity contribution in [3.05, 3.63) is 95.6 Å². The molecular weight excluding hydrogens is 412 g/mol. The number of fused-ring (bicyclic) bond motifs is 3. The van der Waals surface area contributed by atoms with Crippen molar-refractivity contribution in [1.29, 1.82) is 0 Å². The molecule has 0 bridgehead atoms. The maximum atomic E-state index is 13.3. The van der Waals surface area contributed by atoms with Crippen LogP contribution in [0.1, 0.15) is 46.8 Å². The van der Waals surface area contributed by atoms with Gasteiger partial charge in [0.05, 0.1) is 31.0 Å². The number of carbonyl (C=O) groups is 1. The van der Waals surface area contributed by atoms with Crippen molar-refractivity contribution in [2.24, 2.45) is 5.92 Å². The molecule has 168 valence electrons. The minimum absolute atomic E-state index is 0.0898. The zero-order valence-electron chi connectivity index (χ0n) is 18.9. The van der Waals surface area contributed by atoms with Gasteiger partial charge in [0, 0.05) is 11.6 Å². The van der Waals surface area contributed by atoms with E-state index < -0.39 is 0 Å². The second-order valence-corrected chi connectivity index (χ2v) is 8.43. The van der Waals surface area contributed by atoms with Gasteiger partial charge in [0.15, 0.2) is 0 Å². The van der Waals surface area contributed by atoms with E-state index >= 15 is 0 Å². The molecule has 0 radical (unpaired) electrons. The lowest BCUT2D eigenvalue weighted by atomic mass is 9.76. The minimum atomic E-state index is -0.131. The van der Waals surface area contributed by atoms with E-state index in [1.165, 1.54) is 11.1 Å². The summed E-state index contributed by atoms with van der Waals surface area (Å²) in [7, 11) is 1.69. The molecule has 5 rings (SSSR count). The quantitative estimate of drug-likeness (QED) is 0.450. The third kappa shape index (κ3) is 4.07. The van der Waals surface area contributed by atoms with Crippen molar-refractivity contribution in [2.75, 3.05) is 24.4 Å². The number of amides is 1. The Balaban J connectivity index is 1.47. The van der Waals surface area contributed by atoms with E-state index in [2.05, 4.69) is 41.0 Å². The summed E-state index contributed by atoms with van der Waals surface area (Å²) in [6.07, 6.45) is 5.54. The van der Waals surface area contributed by atoms with Crippen LogP contribution in [0.2, 0.25) is 0 Å². The summed E-state index contributed by atoms with van der Waals surface area (Å²) in [5.41, 5.74) is 4.63. The van der Waals surface area contributed by atoms with E-state index in [9.17, 15) is 4.79 Å². The fourth-order valence-corrected chi connectivity index (χ4v) is 4.98. The average Bonchev–Trinajstić information content (AvgIpc) is 3.35. The highest BCUT2D eigenvalue weighted by molar-refractivity contribution is 6.08. The van der Waals surface area contributed by atoms with E-state index in [1.807, 2.05) is 55.5 Å². The van der Waals surface area contributed by atoms with Crippen LogP contribution in [0.3, 0.4) is 0 Å². The number of rotatable bonds is 6. The Hall–Kier alpha value is -3.73. The van der Waals surface area contributed by atoms with E-state index in [1.54, 1.807) is 7.11 Å². The molecule has 1 aliphatic carbocycles. The van der Waals surface area contributed by atoms with Crippen LogP contribution in [-0.4, -0.2) is 19.6 Å². The van der Waals surface area contributed by atoms with Gasteiger partial charge in [-0.15, -0.1) is 0 Å². The van der Waals surface area contributed by atoms with Gasteiger partial charge >= 0.3 is 0 Å². The van der Waals surface area contributed by atoms with E-state index in [0.717, 1.165) is 29.3 Å². The molecule has 3 aromatic rings. The van der Waals surface area contributed by atoms with Gasteiger partial charge in [-0.2, -0.15) is 0 Å². The Labute approximate surface area is 194 Å². The smallest absolute Gasteiger partial charge is 0.257 e. The van der Waals surface area contributed by atoms with Crippen LogP contribution in [0.4, 0.5) is 11.4 Å². The van der Waals surface area contributed by atoms with Crippen molar-refractivity contribution in [3.8, 4) is 11.5 Å². The van der Waals surface area contributed by atoms with Crippen LogP contribution in [0, 0.1) is 5.92 Å². The summed E-state index contributed by atoms with van der Waals surface area (Å²) in [5.74, 6) is 2.16. The lowest BCUT2D eigenvalue weighted by Crippen LogP contribution is -2.31. The SMILES string of the molecule is CCOc1ccc(NC(=O)c2cccc3c2NC(c2cccc(OC)c2)C2CC=CC32)cc1. The Bertz CT molecular complexity index is 1190. The molecule has 3 unspecified atom stereocenters. The molecular formula is C28H28N2O3. The van der Waals surface area contributed by atoms with Crippen LogP contribution in [0.15, 0.2) is 78.9 Å². The van der Waals surface area contributed by atoms with Gasteiger partial charge in [0.25, 0.3) is 5.91 Å². The normalized spacial score (nSPS) is 20.4. The Morgan fingerprint density at radius 1 is 1.06 bits per heavy atom. The van der Waals surface area contributed by atoms with Gasteiger partial charge in [-0.25, -0.2) is 0 Å². The summed E-state index contributed by atoms with van der Waals surface area (Å²) in [6.45, 7) is 2.56. The van der Waals surface area contributed by atoms with Crippen LogP contribution in [0.25, 0.3) is 0 Å². The molecule has 3 atom stereocenters. The van der Waals surface area contributed by atoms with Gasteiger partial charge in [0.2, 0.25) is 0 Å². The first-order valence-electron chi connectivity index (χ1n) is 11.4. The van der Waals surface area contributed by atoms with Gasteiger partial charge in [-0.3, -0.25) is 4.79 Å². The zero-order valence-corrected chi connectivity index (χ0v) is 18.9. The zero-order chi connectivity index (χ0) is 22.8. The van der Waals surface area contributed by atoms with Crippen molar-refractivity contribution in [3.63, 3.8) is 0 Å². The Morgan fingerprint density at radius 2 is 1.88 bits per heavy atom. The third-order valence-electron chi connectivity index (χ3n) is 6.52. The second kappa shape index (κ2) is 9.02. The van der Waals surface area contributed by atoms with Crippen LogP contribution in [0.5, 0.6) is 11.5 Å². The molecule has 5 nitrogen and oxygen atoms in total. The number of benzene rings is 3. The highest BCUT2D eigenvalue weighted by Gasteiger charge is 2.39. The highest BCUT2D eigenvalue weighted by atomic mass is 16.5. The van der Waals surface area contributed by atoms with Gasteiger partial charge < -0.3 is 20.1 Å². The van der Waals surface area contributed by atoms with Crippen molar-refractivity contribution in [1.82, 2.24) is 0 Å². The largest absolute Gasteiger partial charge is 0.497 e. The van der Waals surface area contributed by atoms with Gasteiger partial charge in [-0.1, -0.05) is 36.4 Å². The number of allylic oxidation sites excluding steroid dienone is 2. The molecule has 2 aliphatic rings. The molecule has 0 saturated carbocycles. The molecule has 2 N–H and O–H groups in total. The number of anilines is 2. The van der Waals surface area contributed by atoms with Gasteiger partial charge in [0.1, 0.15) is 11.5 Å². The molecule has 1 heterocycles. The van der Waals surface area contributed by atoms with Crippen LogP contribution in [-0.2, 0) is 0 Å². The van der Waals surface area contributed by atoms with Crippen LogP contribution >= 0.6 is 0 Å². The molecule has 0 saturated heterocycles. The topological polar surface area (TPSA) is 59.6 Å². The average molecular weight is 441 g/mol. The number of hydrogen-bond acceptors (Lipinski definition) is 4. The number of para-hydroxylation sites is 1. The lowest BCUT2D eigenvalue weighted by Gasteiger charge is -2.38. The third-order valence-corrected chi connectivity index (χ3v) is 6.52. The second-order valence-electron chi connectivity index (χ2n) is 8.43. The van der Waals surface area contributed by atoms with Crippen LogP contribution < -0.4 is 20.1 Å². The number of methoxy groups -OCH3 is 1. The fraction of sp³-hybridized carbons (Fsp3) is 0.250. The number of nitrogens with one attached hydrogen (secondary N) is 2. The minimum Gasteiger partial charge on any atom is -0.497 e. The molecule has 5 heteroatoms. The molecule has 0 aromatic heterocycles. The number of carbonyl (C=O) groups excluding carboxylic acids is 1. The Kier molecular flexibility index (Phi) is 5.78. The molecule has 0 fully saturated rings. The first kappa shape index (κ1) is 21.1. The van der Waals surface area contributed by atoms with Crippen molar-refractivity contribution < 1.29 is 14.3 Å². The number of hydrogen-bond donors (Lipinski definition) is 2. The molecule has 3 aromatic carbocycles. The van der Waals surface area contributed by atoms with E-state index in [4.69, 9.17) is 9.47 Å². The summed E-state index contributed by atoms with van der Waals surface area (Å²) < 4.78 is 11.0. The first-order chi connectivity index (χ1) is 16.2. The Morgan fingerprint density at radius 3 is 2.67 bits per heavy atom. The molecule has 1 amide bonds. The summed E-state index contributed by atoms with van der Waals surface area (Å²) in [4.78, 5) is 13.3. The van der Waals surface area contributed by atoms with Gasteiger partial charge in [-0.05, 0) is 72.9 Å². The summed E-state index contributed by atoms with van der Waals surface area (Å²) >= 11 is 0. The highest BCUT2D eigenvalue weighted by Crippen LogP contribution is 2.50. The van der Waals surface area contributed by atoms with Crippen molar-refractivity contribution >= 4 is 17.3 Å². The molecule has 0 spiro atoms. The molecule has 33 heavy (non-hydrogen) atoms. The predicted molar refractivity (Wildman–Crippen MR) is 131 cm³/mol. The maximum Gasteiger partial charge on any atom is 0.257 e. The summed E-state index contributed by atoms with van der Waals surface area (Å²) in [6, 6.07) is 21.7. The fourth-order valence-electron chi connectivity index (χ4n) is 4.98. The van der Waals surface area contributed by atoms with Crippen molar-refractivity contribution in [2.45, 2.75) is 25.3 Å². The van der Waals surface area contributed by atoms with E-state index in [-0.39, 0.29) is 17.9 Å². The summed E-state index contributed by atoms with van der Waals surface area (Å²) in [5, 5.41) is 6.76. The lowest BCUT2D eigenvalue weighted by molar-refractivity contribution is 0.102. The first-order valence-corrected chi connectivity index (χ1v) is 11.4. The standard InChI is InChI=1S/C28H28N2O3/c1-3-33-20-15-13-19(14-16-20)29-28(31)25-12-6-11-24-22-9-5-10-23(22)26(30-27(24)25)18-7-4-8-21(17-18)32-2/h4-9,11-17,22-23,26,30H,3,10H2,1-2H3,(H,29,31). The monoisotopic (exact) mass is 440 g/mol.